The van der Waals surface area contributed by atoms with Crippen molar-refractivity contribution in [2.75, 3.05) is 13.1 Å². The Hall–Kier alpha value is -1.81. The number of carbonyl (C=O) groups is 1. The highest BCUT2D eigenvalue weighted by molar-refractivity contribution is 5.98. The normalized spacial score (nSPS) is 21.8. The van der Waals surface area contributed by atoms with Crippen LogP contribution in [0.3, 0.4) is 0 Å². The van der Waals surface area contributed by atoms with Gasteiger partial charge in [0.2, 0.25) is 0 Å². The fourth-order valence-corrected chi connectivity index (χ4v) is 3.57. The second kappa shape index (κ2) is 5.90. The lowest BCUT2D eigenvalue weighted by atomic mass is 10.0. The second-order valence-corrected chi connectivity index (χ2v) is 5.86. The maximum absolute atomic E-state index is 12.8. The third kappa shape index (κ3) is 2.56. The van der Waals surface area contributed by atoms with Crippen molar-refractivity contribution in [2.24, 2.45) is 11.7 Å². The van der Waals surface area contributed by atoms with Crippen molar-refractivity contribution < 1.29 is 4.79 Å². The Morgan fingerprint density at radius 2 is 2.19 bits per heavy atom. The number of aromatic nitrogens is 1. The van der Waals surface area contributed by atoms with Gasteiger partial charge in [-0.05, 0) is 44.4 Å². The number of nitrogens with one attached hydrogen (secondary N) is 1. The van der Waals surface area contributed by atoms with Gasteiger partial charge in [0.15, 0.2) is 0 Å². The first kappa shape index (κ1) is 14.1. The van der Waals surface area contributed by atoms with E-state index in [-0.39, 0.29) is 5.91 Å². The molecule has 1 aliphatic carbocycles. The highest BCUT2D eigenvalue weighted by Gasteiger charge is 2.33. The number of amides is 1. The van der Waals surface area contributed by atoms with Crippen molar-refractivity contribution in [3.05, 3.63) is 36.0 Å². The third-order valence-electron chi connectivity index (χ3n) is 4.68. The first-order valence-electron chi connectivity index (χ1n) is 7.83. The van der Waals surface area contributed by atoms with E-state index in [4.69, 9.17) is 5.73 Å². The Bertz CT molecular complexity index is 601. The molecule has 1 heterocycles. The Balaban J connectivity index is 1.87. The van der Waals surface area contributed by atoms with Crippen LogP contribution in [0, 0.1) is 5.92 Å². The van der Waals surface area contributed by atoms with Crippen LogP contribution < -0.4 is 5.73 Å². The quantitative estimate of drug-likeness (QED) is 0.907. The maximum atomic E-state index is 12.8. The molecule has 3 N–H and O–H groups in total. The first-order chi connectivity index (χ1) is 10.2. The van der Waals surface area contributed by atoms with Crippen molar-refractivity contribution in [2.45, 2.75) is 32.2 Å². The molecule has 1 aromatic heterocycles. The number of carbonyl (C=O) groups excluding carboxylic acids is 1. The number of hydrogen-bond acceptors (Lipinski definition) is 2. The summed E-state index contributed by atoms with van der Waals surface area (Å²) in [5.41, 5.74) is 7.56. The standard InChI is InChI=1S/C17H23N3O/c1-2-20(16-9-5-7-13(16)11-18)17(21)15-10-12-6-3-4-8-14(12)19-15/h3-4,6,8,10,13,16,19H,2,5,7,9,11,18H2,1H3. The summed E-state index contributed by atoms with van der Waals surface area (Å²) in [5, 5.41) is 1.08. The van der Waals surface area contributed by atoms with E-state index in [2.05, 4.69) is 4.98 Å². The summed E-state index contributed by atoms with van der Waals surface area (Å²) in [5.74, 6) is 0.539. The molecule has 1 aromatic carbocycles. The van der Waals surface area contributed by atoms with Crippen molar-refractivity contribution in [3.8, 4) is 0 Å². The van der Waals surface area contributed by atoms with Crippen LogP contribution in [0.4, 0.5) is 0 Å². The van der Waals surface area contributed by atoms with E-state index in [1.165, 1.54) is 6.42 Å². The SMILES string of the molecule is CCN(C(=O)c1cc2ccccc2[nH]1)C1CCCC1CN. The number of benzene rings is 1. The predicted molar refractivity (Wildman–Crippen MR) is 85.2 cm³/mol. The van der Waals surface area contributed by atoms with E-state index < -0.39 is 0 Å². The molecule has 0 bridgehead atoms. The van der Waals surface area contributed by atoms with Gasteiger partial charge in [-0.25, -0.2) is 0 Å². The van der Waals surface area contributed by atoms with Crippen LogP contribution in [-0.4, -0.2) is 34.9 Å². The average molecular weight is 285 g/mol. The number of rotatable bonds is 4. The van der Waals surface area contributed by atoms with Crippen molar-refractivity contribution in [1.29, 1.82) is 0 Å². The van der Waals surface area contributed by atoms with E-state index in [0.717, 1.165) is 30.3 Å². The minimum absolute atomic E-state index is 0.0963. The first-order valence-corrected chi connectivity index (χ1v) is 7.83. The lowest BCUT2D eigenvalue weighted by molar-refractivity contribution is 0.0647. The summed E-state index contributed by atoms with van der Waals surface area (Å²) in [6.45, 7) is 3.45. The number of fused-ring (bicyclic) bond motifs is 1. The van der Waals surface area contributed by atoms with Gasteiger partial charge in [-0.1, -0.05) is 24.6 Å². The molecule has 2 aromatic rings. The van der Waals surface area contributed by atoms with Gasteiger partial charge in [-0.15, -0.1) is 0 Å². The van der Waals surface area contributed by atoms with Crippen molar-refractivity contribution in [1.82, 2.24) is 9.88 Å². The largest absolute Gasteiger partial charge is 0.351 e. The highest BCUT2D eigenvalue weighted by Crippen LogP contribution is 2.30. The molecule has 0 radical (unpaired) electrons. The number of hydrogen-bond donors (Lipinski definition) is 2. The lowest BCUT2D eigenvalue weighted by Gasteiger charge is -2.31. The van der Waals surface area contributed by atoms with Gasteiger partial charge in [0.25, 0.3) is 5.91 Å². The summed E-state index contributed by atoms with van der Waals surface area (Å²) in [4.78, 5) is 18.1. The highest BCUT2D eigenvalue weighted by atomic mass is 16.2. The molecule has 4 nitrogen and oxygen atoms in total. The second-order valence-electron chi connectivity index (χ2n) is 5.86. The molecule has 0 spiro atoms. The molecule has 4 heteroatoms. The van der Waals surface area contributed by atoms with Crippen LogP contribution in [0.5, 0.6) is 0 Å². The van der Waals surface area contributed by atoms with Gasteiger partial charge in [0.1, 0.15) is 5.69 Å². The Kier molecular flexibility index (Phi) is 3.97. The van der Waals surface area contributed by atoms with Gasteiger partial charge in [-0.3, -0.25) is 4.79 Å². The van der Waals surface area contributed by atoms with Gasteiger partial charge in [0.05, 0.1) is 0 Å². The zero-order valence-electron chi connectivity index (χ0n) is 12.5. The van der Waals surface area contributed by atoms with Gasteiger partial charge < -0.3 is 15.6 Å². The van der Waals surface area contributed by atoms with E-state index in [9.17, 15) is 4.79 Å². The molecule has 2 atom stereocenters. The number of nitrogens with zero attached hydrogens (tertiary/aromatic N) is 1. The van der Waals surface area contributed by atoms with Crippen molar-refractivity contribution >= 4 is 16.8 Å². The number of para-hydroxylation sites is 1. The van der Waals surface area contributed by atoms with E-state index >= 15 is 0 Å². The number of nitrogens with two attached hydrogens (primary N) is 1. The zero-order chi connectivity index (χ0) is 14.8. The van der Waals surface area contributed by atoms with Crippen LogP contribution in [0.15, 0.2) is 30.3 Å². The molecule has 3 rings (SSSR count). The minimum Gasteiger partial charge on any atom is -0.351 e. The molecule has 21 heavy (non-hydrogen) atoms. The molecule has 2 unspecified atom stereocenters. The molecule has 1 saturated carbocycles. The number of H-pyrrole nitrogens is 1. The van der Waals surface area contributed by atoms with E-state index in [1.54, 1.807) is 0 Å². The van der Waals surface area contributed by atoms with E-state index in [1.807, 2.05) is 42.2 Å². The topological polar surface area (TPSA) is 62.1 Å². The zero-order valence-corrected chi connectivity index (χ0v) is 12.5. The summed E-state index contributed by atoms with van der Waals surface area (Å²) >= 11 is 0. The van der Waals surface area contributed by atoms with E-state index in [0.29, 0.717) is 24.2 Å². The summed E-state index contributed by atoms with van der Waals surface area (Å²) in [7, 11) is 0. The van der Waals surface area contributed by atoms with Gasteiger partial charge >= 0.3 is 0 Å². The van der Waals surface area contributed by atoms with Crippen LogP contribution in [0.1, 0.15) is 36.7 Å². The Morgan fingerprint density at radius 3 is 2.90 bits per heavy atom. The molecule has 112 valence electrons. The fraction of sp³-hybridized carbons (Fsp3) is 0.471. The predicted octanol–water partition coefficient (Wildman–Crippen LogP) is 2.76. The maximum Gasteiger partial charge on any atom is 0.270 e. The number of aromatic amines is 1. The van der Waals surface area contributed by atoms with Gasteiger partial charge in [-0.2, -0.15) is 0 Å². The molecular formula is C17H23N3O. The Morgan fingerprint density at radius 1 is 1.38 bits per heavy atom. The van der Waals surface area contributed by atoms with Crippen LogP contribution >= 0.6 is 0 Å². The summed E-state index contributed by atoms with van der Waals surface area (Å²) < 4.78 is 0. The summed E-state index contributed by atoms with van der Waals surface area (Å²) in [6, 6.07) is 10.2. The van der Waals surface area contributed by atoms with Crippen molar-refractivity contribution in [3.63, 3.8) is 0 Å². The summed E-state index contributed by atoms with van der Waals surface area (Å²) in [6.07, 6.45) is 3.38. The minimum atomic E-state index is 0.0963. The molecule has 0 saturated heterocycles. The van der Waals surface area contributed by atoms with Crippen LogP contribution in [0.25, 0.3) is 10.9 Å². The molecule has 1 amide bonds. The molecule has 0 aliphatic heterocycles. The fourth-order valence-electron chi connectivity index (χ4n) is 3.57. The average Bonchev–Trinajstić information content (AvgIpc) is 3.14. The van der Waals surface area contributed by atoms with Crippen LogP contribution in [-0.2, 0) is 0 Å². The smallest absolute Gasteiger partial charge is 0.270 e. The molecular weight excluding hydrogens is 262 g/mol. The van der Waals surface area contributed by atoms with Gasteiger partial charge in [0, 0.05) is 23.5 Å². The molecule has 1 fully saturated rings. The monoisotopic (exact) mass is 285 g/mol. The Labute approximate surface area is 125 Å². The third-order valence-corrected chi connectivity index (χ3v) is 4.68. The van der Waals surface area contributed by atoms with Crippen LogP contribution in [0.2, 0.25) is 0 Å². The lowest BCUT2D eigenvalue weighted by Crippen LogP contribution is -2.44. The molecule has 1 aliphatic rings.